The van der Waals surface area contributed by atoms with E-state index in [0.717, 1.165) is 42.8 Å². The lowest BCUT2D eigenvalue weighted by Crippen LogP contribution is -2.21. The zero-order chi connectivity index (χ0) is 13.5. The molecule has 0 amide bonds. The molecule has 1 fully saturated rings. The second-order valence-electron chi connectivity index (χ2n) is 4.81. The van der Waals surface area contributed by atoms with E-state index in [1.165, 1.54) is 5.56 Å². The lowest BCUT2D eigenvalue weighted by Gasteiger charge is -2.24. The van der Waals surface area contributed by atoms with Crippen LogP contribution in [0.3, 0.4) is 0 Å². The molecule has 1 saturated heterocycles. The van der Waals surface area contributed by atoms with Crippen molar-refractivity contribution in [3.05, 3.63) is 29.8 Å². The zero-order valence-corrected chi connectivity index (χ0v) is 13.5. The molecule has 1 aliphatic rings. The van der Waals surface area contributed by atoms with Crippen LogP contribution in [0.2, 0.25) is 0 Å². The number of hydrogen-bond acceptors (Lipinski definition) is 3. The first-order valence-electron chi connectivity index (χ1n) is 6.72. The average molecular weight is 376 g/mol. The summed E-state index contributed by atoms with van der Waals surface area (Å²) in [5, 5.41) is 0. The highest BCUT2D eigenvalue weighted by Gasteiger charge is 2.17. The highest BCUT2D eigenvalue weighted by molar-refractivity contribution is 14.1. The summed E-state index contributed by atoms with van der Waals surface area (Å²) in [4.78, 5) is 0. The lowest BCUT2D eigenvalue weighted by atomic mass is 10.0. The molecule has 106 valence electrons. The molecule has 1 aromatic rings. The first-order valence-corrected chi connectivity index (χ1v) is 8.25. The molecule has 1 heterocycles. The van der Waals surface area contributed by atoms with Crippen molar-refractivity contribution >= 4 is 22.6 Å². The van der Waals surface area contributed by atoms with Gasteiger partial charge in [-0.05, 0) is 36.5 Å². The Hall–Kier alpha value is -0.330. The lowest BCUT2D eigenvalue weighted by molar-refractivity contribution is -0.00324. The number of benzene rings is 1. The van der Waals surface area contributed by atoms with Crippen LogP contribution in [0.4, 0.5) is 0 Å². The number of halogens is 1. The predicted molar refractivity (Wildman–Crippen MR) is 84.1 cm³/mol. The van der Waals surface area contributed by atoms with Crippen molar-refractivity contribution in [3.63, 3.8) is 0 Å². The van der Waals surface area contributed by atoms with Gasteiger partial charge in [0, 0.05) is 17.6 Å². The third kappa shape index (κ3) is 4.61. The van der Waals surface area contributed by atoms with Crippen LogP contribution < -0.4 is 4.74 Å². The number of hydrogen-bond donors (Lipinski definition) is 0. The summed E-state index contributed by atoms with van der Waals surface area (Å²) >= 11 is 2.38. The first kappa shape index (κ1) is 15.1. The second-order valence-corrected chi connectivity index (χ2v) is 5.69. The predicted octanol–water partition coefficient (Wildman–Crippen LogP) is 3.61. The van der Waals surface area contributed by atoms with Gasteiger partial charge in [-0.15, -0.1) is 0 Å². The maximum Gasteiger partial charge on any atom is 0.118 e. The van der Waals surface area contributed by atoms with Crippen LogP contribution >= 0.6 is 22.6 Å². The minimum Gasteiger partial charge on any atom is -0.497 e. The molecule has 0 saturated carbocycles. The van der Waals surface area contributed by atoms with Gasteiger partial charge >= 0.3 is 0 Å². The smallest absolute Gasteiger partial charge is 0.118 e. The van der Waals surface area contributed by atoms with Gasteiger partial charge in [0.2, 0.25) is 0 Å². The van der Waals surface area contributed by atoms with Crippen LogP contribution in [0.15, 0.2) is 24.3 Å². The summed E-state index contributed by atoms with van der Waals surface area (Å²) in [7, 11) is 1.69. The van der Waals surface area contributed by atoms with Gasteiger partial charge < -0.3 is 14.2 Å². The van der Waals surface area contributed by atoms with E-state index in [-0.39, 0.29) is 6.10 Å². The SMILES string of the molecule is COc1ccc(C(CI)OCC2CCOCC2)cc1. The monoisotopic (exact) mass is 376 g/mol. The fraction of sp³-hybridized carbons (Fsp3) is 0.600. The summed E-state index contributed by atoms with van der Waals surface area (Å²) in [5.74, 6) is 1.54. The van der Waals surface area contributed by atoms with Crippen LogP contribution in [-0.2, 0) is 9.47 Å². The Morgan fingerprint density at radius 3 is 2.53 bits per heavy atom. The van der Waals surface area contributed by atoms with E-state index in [9.17, 15) is 0 Å². The summed E-state index contributed by atoms with van der Waals surface area (Å²) in [6.45, 7) is 2.60. The maximum absolute atomic E-state index is 6.09. The van der Waals surface area contributed by atoms with Crippen molar-refractivity contribution in [1.82, 2.24) is 0 Å². The Balaban J connectivity index is 1.87. The molecule has 2 rings (SSSR count). The Labute approximate surface area is 128 Å². The van der Waals surface area contributed by atoms with E-state index >= 15 is 0 Å². The molecule has 19 heavy (non-hydrogen) atoms. The Bertz CT molecular complexity index is 360. The van der Waals surface area contributed by atoms with Gasteiger partial charge in [0.25, 0.3) is 0 Å². The van der Waals surface area contributed by atoms with Gasteiger partial charge in [-0.1, -0.05) is 34.7 Å². The number of methoxy groups -OCH3 is 1. The Kier molecular flexibility index (Phi) is 6.40. The Morgan fingerprint density at radius 2 is 1.95 bits per heavy atom. The summed E-state index contributed by atoms with van der Waals surface area (Å²) in [6, 6.07) is 8.16. The quantitative estimate of drug-likeness (QED) is 0.561. The number of rotatable bonds is 6. The number of alkyl halides is 1. The van der Waals surface area contributed by atoms with Crippen molar-refractivity contribution in [2.75, 3.05) is 31.4 Å². The van der Waals surface area contributed by atoms with E-state index in [4.69, 9.17) is 14.2 Å². The molecule has 0 aromatic heterocycles. The number of ether oxygens (including phenoxy) is 3. The molecule has 0 bridgehead atoms. The second kappa shape index (κ2) is 8.07. The van der Waals surface area contributed by atoms with Crippen LogP contribution in [0, 0.1) is 5.92 Å². The van der Waals surface area contributed by atoms with Gasteiger partial charge in [-0.25, -0.2) is 0 Å². The molecule has 1 aromatic carbocycles. The van der Waals surface area contributed by atoms with Gasteiger partial charge in [0.15, 0.2) is 0 Å². The molecular weight excluding hydrogens is 355 g/mol. The van der Waals surface area contributed by atoms with Gasteiger partial charge in [0.1, 0.15) is 5.75 Å². The fourth-order valence-electron chi connectivity index (χ4n) is 2.21. The molecule has 0 N–H and O–H groups in total. The van der Waals surface area contributed by atoms with Crippen molar-refractivity contribution in [3.8, 4) is 5.75 Å². The molecule has 0 radical (unpaired) electrons. The highest BCUT2D eigenvalue weighted by atomic mass is 127. The minimum atomic E-state index is 0.175. The van der Waals surface area contributed by atoms with Crippen molar-refractivity contribution < 1.29 is 14.2 Å². The van der Waals surface area contributed by atoms with Crippen LogP contribution in [0.1, 0.15) is 24.5 Å². The Morgan fingerprint density at radius 1 is 1.26 bits per heavy atom. The van der Waals surface area contributed by atoms with E-state index < -0.39 is 0 Å². The van der Waals surface area contributed by atoms with E-state index in [0.29, 0.717) is 5.92 Å². The summed E-state index contributed by atoms with van der Waals surface area (Å²) in [5.41, 5.74) is 1.22. The molecule has 0 aliphatic carbocycles. The molecule has 4 heteroatoms. The minimum absolute atomic E-state index is 0.175. The third-order valence-electron chi connectivity index (χ3n) is 3.50. The van der Waals surface area contributed by atoms with Crippen LogP contribution in [0.5, 0.6) is 5.75 Å². The molecular formula is C15H21IO3. The fourth-order valence-corrected chi connectivity index (χ4v) is 2.98. The normalized spacial score (nSPS) is 18.2. The molecule has 1 atom stereocenters. The van der Waals surface area contributed by atoms with Crippen LogP contribution in [0.25, 0.3) is 0 Å². The van der Waals surface area contributed by atoms with Crippen molar-refractivity contribution in [2.45, 2.75) is 18.9 Å². The average Bonchev–Trinajstić information content (AvgIpc) is 2.49. The topological polar surface area (TPSA) is 27.7 Å². The molecule has 3 nitrogen and oxygen atoms in total. The van der Waals surface area contributed by atoms with E-state index in [1.54, 1.807) is 7.11 Å². The largest absolute Gasteiger partial charge is 0.497 e. The van der Waals surface area contributed by atoms with Crippen molar-refractivity contribution in [1.29, 1.82) is 0 Å². The van der Waals surface area contributed by atoms with Crippen molar-refractivity contribution in [2.24, 2.45) is 5.92 Å². The third-order valence-corrected chi connectivity index (χ3v) is 4.30. The zero-order valence-electron chi connectivity index (χ0n) is 11.3. The first-order chi connectivity index (χ1) is 9.33. The van der Waals surface area contributed by atoms with E-state index in [2.05, 4.69) is 34.7 Å². The van der Waals surface area contributed by atoms with Crippen LogP contribution in [-0.4, -0.2) is 31.4 Å². The van der Waals surface area contributed by atoms with E-state index in [1.807, 2.05) is 12.1 Å². The highest BCUT2D eigenvalue weighted by Crippen LogP contribution is 2.25. The van der Waals surface area contributed by atoms with Gasteiger partial charge in [-0.3, -0.25) is 0 Å². The molecule has 1 unspecified atom stereocenters. The summed E-state index contributed by atoms with van der Waals surface area (Å²) < 4.78 is 17.6. The molecule has 0 spiro atoms. The molecule has 1 aliphatic heterocycles. The van der Waals surface area contributed by atoms with Gasteiger partial charge in [0.05, 0.1) is 19.8 Å². The standard InChI is InChI=1S/C15H21IO3/c1-17-14-4-2-13(3-5-14)15(10-16)19-11-12-6-8-18-9-7-12/h2-5,12,15H,6-11H2,1H3. The van der Waals surface area contributed by atoms with Gasteiger partial charge in [-0.2, -0.15) is 0 Å². The summed E-state index contributed by atoms with van der Waals surface area (Å²) in [6.07, 6.45) is 2.42. The maximum atomic E-state index is 6.09.